The van der Waals surface area contributed by atoms with Gasteiger partial charge in [0.25, 0.3) is 0 Å². The molecule has 1 N–H and O–H groups in total. The van der Waals surface area contributed by atoms with Crippen molar-refractivity contribution in [3.05, 3.63) is 24.0 Å². The molecule has 2 aromatic heterocycles. The molecule has 0 spiro atoms. The van der Waals surface area contributed by atoms with Crippen LogP contribution in [0.25, 0.3) is 10.2 Å². The molecule has 2 heterocycles. The molecule has 0 atom stereocenters. The molecule has 0 aliphatic heterocycles. The van der Waals surface area contributed by atoms with E-state index in [2.05, 4.69) is 20.5 Å². The van der Waals surface area contributed by atoms with Crippen LogP contribution in [0.15, 0.2) is 23.4 Å². The highest BCUT2D eigenvalue weighted by atomic mass is 32.2. The average molecular weight is 377 g/mol. The summed E-state index contributed by atoms with van der Waals surface area (Å²) in [5.41, 5.74) is 0.845. The third kappa shape index (κ3) is 4.10. The van der Waals surface area contributed by atoms with E-state index in [0.29, 0.717) is 11.7 Å². The second kappa shape index (κ2) is 7.83. The fourth-order valence-corrected chi connectivity index (χ4v) is 4.09. The fraction of sp³-hybridized carbons (Fsp3) is 0.375. The number of anilines is 1. The molecular weight excluding hydrogens is 358 g/mol. The molecule has 1 aromatic carbocycles. The Balaban J connectivity index is 1.63. The van der Waals surface area contributed by atoms with Crippen molar-refractivity contribution in [1.82, 2.24) is 19.7 Å². The number of hydrogen-bond donors (Lipinski definition) is 1. The molecule has 25 heavy (non-hydrogen) atoms. The van der Waals surface area contributed by atoms with Crippen LogP contribution in [0.1, 0.15) is 19.7 Å². The maximum absolute atomic E-state index is 12.2. The average Bonchev–Trinajstić information content (AvgIpc) is 3.15. The number of amides is 1. The molecule has 0 radical (unpaired) electrons. The van der Waals surface area contributed by atoms with Crippen LogP contribution in [0.4, 0.5) is 5.13 Å². The van der Waals surface area contributed by atoms with Crippen LogP contribution >= 0.6 is 23.1 Å². The Hall–Kier alpha value is -2.13. The number of thioether (sulfide) groups is 1. The van der Waals surface area contributed by atoms with Crippen molar-refractivity contribution in [2.75, 3.05) is 17.7 Å². The van der Waals surface area contributed by atoms with Gasteiger partial charge in [-0.15, -0.1) is 10.2 Å². The van der Waals surface area contributed by atoms with Gasteiger partial charge in [-0.2, -0.15) is 0 Å². The Morgan fingerprint density at radius 3 is 2.96 bits per heavy atom. The molecule has 9 heteroatoms. The summed E-state index contributed by atoms with van der Waals surface area (Å²) in [6.45, 7) is 7.27. The predicted molar refractivity (Wildman–Crippen MR) is 101 cm³/mol. The number of carbonyl (C=O) groups is 1. The lowest BCUT2D eigenvalue weighted by atomic mass is 10.3. The number of fused-ring (bicyclic) bond motifs is 1. The van der Waals surface area contributed by atoms with E-state index in [-0.39, 0.29) is 11.7 Å². The zero-order valence-corrected chi connectivity index (χ0v) is 15.9. The smallest absolute Gasteiger partial charge is 0.236 e. The van der Waals surface area contributed by atoms with Gasteiger partial charge < -0.3 is 14.6 Å². The minimum atomic E-state index is -0.114. The van der Waals surface area contributed by atoms with Gasteiger partial charge in [0.05, 0.1) is 22.6 Å². The molecule has 0 aliphatic rings. The molecular formula is C16H19N5O2S2. The predicted octanol–water partition coefficient (Wildman–Crippen LogP) is 3.35. The summed E-state index contributed by atoms with van der Waals surface area (Å²) >= 11 is 2.80. The van der Waals surface area contributed by atoms with E-state index in [1.165, 1.54) is 23.1 Å². The number of benzene rings is 1. The number of aryl methyl sites for hydroxylation is 1. The standard InChI is InChI=1S/C16H19N5O2S2/c1-4-21-10(3)19-20-16(21)24-9-14(22)18-15-17-12-7-6-11(23-5-2)8-13(12)25-15/h6-8H,4-5,9H2,1-3H3,(H,17,18,22). The van der Waals surface area contributed by atoms with Gasteiger partial charge in [-0.3, -0.25) is 4.79 Å². The number of thiazole rings is 1. The maximum Gasteiger partial charge on any atom is 0.236 e. The highest BCUT2D eigenvalue weighted by molar-refractivity contribution is 7.99. The van der Waals surface area contributed by atoms with E-state index < -0.39 is 0 Å². The summed E-state index contributed by atoms with van der Waals surface area (Å²) in [7, 11) is 0. The first-order chi connectivity index (χ1) is 12.1. The Morgan fingerprint density at radius 2 is 2.20 bits per heavy atom. The van der Waals surface area contributed by atoms with Gasteiger partial charge >= 0.3 is 0 Å². The SMILES string of the molecule is CCOc1ccc2nc(NC(=O)CSc3nnc(C)n3CC)sc2c1. The van der Waals surface area contributed by atoms with Gasteiger partial charge in [0.2, 0.25) is 5.91 Å². The van der Waals surface area contributed by atoms with Crippen molar-refractivity contribution < 1.29 is 9.53 Å². The molecule has 0 fully saturated rings. The normalized spacial score (nSPS) is 11.0. The Bertz CT molecular complexity index is 890. The molecule has 0 saturated carbocycles. The van der Waals surface area contributed by atoms with Crippen molar-refractivity contribution >= 4 is 44.4 Å². The number of hydrogen-bond acceptors (Lipinski definition) is 7. The van der Waals surface area contributed by atoms with Crippen molar-refractivity contribution in [2.45, 2.75) is 32.5 Å². The van der Waals surface area contributed by atoms with Crippen molar-refractivity contribution in [3.63, 3.8) is 0 Å². The lowest BCUT2D eigenvalue weighted by Crippen LogP contribution is -2.14. The molecule has 0 saturated heterocycles. The van der Waals surface area contributed by atoms with Gasteiger partial charge in [-0.25, -0.2) is 4.98 Å². The molecule has 7 nitrogen and oxygen atoms in total. The van der Waals surface area contributed by atoms with Gasteiger partial charge in [0.15, 0.2) is 10.3 Å². The third-order valence-electron chi connectivity index (χ3n) is 3.47. The van der Waals surface area contributed by atoms with E-state index in [4.69, 9.17) is 4.74 Å². The summed E-state index contributed by atoms with van der Waals surface area (Å²) in [6, 6.07) is 5.72. The number of nitrogens with one attached hydrogen (secondary N) is 1. The highest BCUT2D eigenvalue weighted by Gasteiger charge is 2.12. The lowest BCUT2D eigenvalue weighted by molar-refractivity contribution is -0.113. The van der Waals surface area contributed by atoms with Crippen molar-refractivity contribution in [2.24, 2.45) is 0 Å². The minimum Gasteiger partial charge on any atom is -0.494 e. The molecule has 1 amide bonds. The van der Waals surface area contributed by atoms with Gasteiger partial charge in [0, 0.05) is 6.54 Å². The topological polar surface area (TPSA) is 81.9 Å². The van der Waals surface area contributed by atoms with E-state index in [9.17, 15) is 4.79 Å². The second-order valence-electron chi connectivity index (χ2n) is 5.19. The zero-order valence-electron chi connectivity index (χ0n) is 14.3. The third-order valence-corrected chi connectivity index (χ3v) is 5.37. The summed E-state index contributed by atoms with van der Waals surface area (Å²) in [6.07, 6.45) is 0. The van der Waals surface area contributed by atoms with Crippen LogP contribution in [0, 0.1) is 6.92 Å². The molecule has 0 unspecified atom stereocenters. The molecule has 132 valence electrons. The maximum atomic E-state index is 12.2. The Labute approximate surface area is 153 Å². The molecule has 3 aromatic rings. The Morgan fingerprint density at radius 1 is 1.36 bits per heavy atom. The number of ether oxygens (including phenoxy) is 1. The van der Waals surface area contributed by atoms with Crippen molar-refractivity contribution in [1.29, 1.82) is 0 Å². The first-order valence-corrected chi connectivity index (χ1v) is 9.76. The quantitative estimate of drug-likeness (QED) is 0.636. The number of rotatable bonds is 7. The van der Waals surface area contributed by atoms with Crippen LogP contribution in [-0.4, -0.2) is 38.0 Å². The van der Waals surface area contributed by atoms with Crippen LogP contribution in [0.3, 0.4) is 0 Å². The highest BCUT2D eigenvalue weighted by Crippen LogP contribution is 2.29. The fourth-order valence-electron chi connectivity index (χ4n) is 2.33. The summed E-state index contributed by atoms with van der Waals surface area (Å²) in [4.78, 5) is 16.6. The summed E-state index contributed by atoms with van der Waals surface area (Å²) in [5, 5.41) is 12.3. The zero-order chi connectivity index (χ0) is 17.8. The summed E-state index contributed by atoms with van der Waals surface area (Å²) in [5.74, 6) is 1.80. The van der Waals surface area contributed by atoms with E-state index in [1.807, 2.05) is 43.5 Å². The van der Waals surface area contributed by atoms with Crippen LogP contribution in [0.5, 0.6) is 5.75 Å². The van der Waals surface area contributed by atoms with Gasteiger partial charge in [-0.05, 0) is 39.0 Å². The van der Waals surface area contributed by atoms with E-state index in [1.54, 1.807) is 0 Å². The minimum absolute atomic E-state index is 0.114. The van der Waals surface area contributed by atoms with Crippen LogP contribution in [-0.2, 0) is 11.3 Å². The van der Waals surface area contributed by atoms with Crippen molar-refractivity contribution in [3.8, 4) is 5.75 Å². The molecule has 0 aliphatic carbocycles. The van der Waals surface area contributed by atoms with Crippen LogP contribution in [0.2, 0.25) is 0 Å². The van der Waals surface area contributed by atoms with E-state index >= 15 is 0 Å². The molecule has 0 bridgehead atoms. The second-order valence-corrected chi connectivity index (χ2v) is 7.17. The first kappa shape index (κ1) is 17.7. The van der Waals surface area contributed by atoms with Crippen LogP contribution < -0.4 is 10.1 Å². The number of nitrogens with zero attached hydrogens (tertiary/aromatic N) is 4. The number of aromatic nitrogens is 4. The Kier molecular flexibility index (Phi) is 5.54. The molecule has 3 rings (SSSR count). The summed E-state index contributed by atoms with van der Waals surface area (Å²) < 4.78 is 8.45. The first-order valence-electron chi connectivity index (χ1n) is 7.96. The number of carbonyl (C=O) groups excluding carboxylic acids is 1. The lowest BCUT2D eigenvalue weighted by Gasteiger charge is -2.04. The monoisotopic (exact) mass is 377 g/mol. The largest absolute Gasteiger partial charge is 0.494 e. The van der Waals surface area contributed by atoms with Gasteiger partial charge in [-0.1, -0.05) is 23.1 Å². The van der Waals surface area contributed by atoms with Gasteiger partial charge in [0.1, 0.15) is 11.6 Å². The van der Waals surface area contributed by atoms with E-state index in [0.717, 1.165) is 33.5 Å².